The van der Waals surface area contributed by atoms with E-state index >= 15 is 0 Å². The fourth-order valence-electron chi connectivity index (χ4n) is 3.15. The molecule has 1 atom stereocenters. The zero-order valence-electron chi connectivity index (χ0n) is 19.0. The van der Waals surface area contributed by atoms with Gasteiger partial charge in [0.25, 0.3) is 5.91 Å². The Morgan fingerprint density at radius 1 is 0.829 bits per heavy atom. The molecule has 35 heavy (non-hydrogen) atoms. The Labute approximate surface area is 213 Å². The number of hydrazine groups is 1. The lowest BCUT2D eigenvalue weighted by atomic mass is 10.1. The molecule has 3 amide bonds. The smallest absolute Gasteiger partial charge is 0.279 e. The Hall–Kier alpha value is -3.55. The molecule has 0 heterocycles. The number of hydrogen-bond donors (Lipinski definition) is 3. The highest BCUT2D eigenvalue weighted by molar-refractivity contribution is 6.36. The number of ether oxygens (including phenoxy) is 1. The maximum Gasteiger partial charge on any atom is 0.279 e. The Morgan fingerprint density at radius 2 is 1.49 bits per heavy atom. The molecule has 7 nitrogen and oxygen atoms in total. The first kappa shape index (κ1) is 26.1. The number of halogens is 2. The Kier molecular flexibility index (Phi) is 9.52. The molecule has 0 spiro atoms. The van der Waals surface area contributed by atoms with E-state index in [4.69, 9.17) is 27.9 Å². The van der Waals surface area contributed by atoms with Crippen LogP contribution in [0.25, 0.3) is 11.1 Å². The van der Waals surface area contributed by atoms with Crippen molar-refractivity contribution in [3.05, 3.63) is 82.8 Å². The summed E-state index contributed by atoms with van der Waals surface area (Å²) < 4.78 is 5.78. The summed E-state index contributed by atoms with van der Waals surface area (Å²) in [6.45, 7) is 1.80. The molecule has 3 aromatic carbocycles. The fourth-order valence-corrected chi connectivity index (χ4v) is 3.60. The van der Waals surface area contributed by atoms with Gasteiger partial charge in [0.1, 0.15) is 5.75 Å². The molecule has 0 aliphatic carbocycles. The average Bonchev–Trinajstić information content (AvgIpc) is 2.87. The van der Waals surface area contributed by atoms with Gasteiger partial charge in [0.15, 0.2) is 6.10 Å². The van der Waals surface area contributed by atoms with Gasteiger partial charge in [-0.3, -0.25) is 25.2 Å². The summed E-state index contributed by atoms with van der Waals surface area (Å²) in [5.74, 6) is -0.872. The van der Waals surface area contributed by atoms with E-state index in [1.54, 1.807) is 31.2 Å². The van der Waals surface area contributed by atoms with Gasteiger partial charge in [0.05, 0.1) is 10.7 Å². The van der Waals surface area contributed by atoms with Crippen molar-refractivity contribution >= 4 is 46.6 Å². The summed E-state index contributed by atoms with van der Waals surface area (Å²) in [7, 11) is 0. The summed E-state index contributed by atoms with van der Waals surface area (Å²) in [5.41, 5.74) is 7.17. The summed E-state index contributed by atoms with van der Waals surface area (Å²) in [6.07, 6.45) is -0.627. The van der Waals surface area contributed by atoms with Crippen LogP contribution in [-0.4, -0.2) is 23.8 Å². The minimum Gasteiger partial charge on any atom is -0.481 e. The molecule has 3 rings (SSSR count). The Balaban J connectivity index is 1.43. The summed E-state index contributed by atoms with van der Waals surface area (Å²) in [6, 6.07) is 22.0. The predicted molar refractivity (Wildman–Crippen MR) is 137 cm³/mol. The van der Waals surface area contributed by atoms with Crippen LogP contribution in [0.4, 0.5) is 5.69 Å². The lowest BCUT2D eigenvalue weighted by Crippen LogP contribution is -2.48. The number of anilines is 1. The maximum absolute atomic E-state index is 12.5. The molecular formula is C26H25Cl2N3O4. The summed E-state index contributed by atoms with van der Waals surface area (Å²) in [5, 5.41) is 3.35. The van der Waals surface area contributed by atoms with Crippen molar-refractivity contribution in [1.82, 2.24) is 10.9 Å². The minimum absolute atomic E-state index is 0.0951. The zero-order valence-corrected chi connectivity index (χ0v) is 20.5. The molecule has 0 radical (unpaired) electrons. The highest BCUT2D eigenvalue weighted by Gasteiger charge is 2.19. The average molecular weight is 514 g/mol. The Morgan fingerprint density at radius 3 is 2.14 bits per heavy atom. The summed E-state index contributed by atoms with van der Waals surface area (Å²) in [4.78, 5) is 36.6. The van der Waals surface area contributed by atoms with Crippen LogP contribution in [0.15, 0.2) is 72.8 Å². The van der Waals surface area contributed by atoms with E-state index in [1.165, 1.54) is 6.07 Å². The molecule has 0 aliphatic heterocycles. The van der Waals surface area contributed by atoms with Crippen molar-refractivity contribution in [3.63, 3.8) is 0 Å². The van der Waals surface area contributed by atoms with Gasteiger partial charge in [0, 0.05) is 17.9 Å². The molecule has 0 aliphatic rings. The zero-order chi connectivity index (χ0) is 25.2. The largest absolute Gasteiger partial charge is 0.481 e. The van der Waals surface area contributed by atoms with Crippen LogP contribution in [0.5, 0.6) is 5.75 Å². The molecule has 3 aromatic rings. The van der Waals surface area contributed by atoms with Gasteiger partial charge >= 0.3 is 0 Å². The van der Waals surface area contributed by atoms with Crippen LogP contribution >= 0.6 is 23.2 Å². The predicted octanol–water partition coefficient (Wildman–Crippen LogP) is 5.38. The van der Waals surface area contributed by atoms with Crippen molar-refractivity contribution in [1.29, 1.82) is 0 Å². The van der Waals surface area contributed by atoms with Gasteiger partial charge in [-0.2, -0.15) is 0 Å². The number of carbonyl (C=O) groups is 3. The monoisotopic (exact) mass is 513 g/mol. The van der Waals surface area contributed by atoms with E-state index < -0.39 is 23.8 Å². The maximum atomic E-state index is 12.5. The van der Waals surface area contributed by atoms with Crippen LogP contribution in [0, 0.1) is 0 Å². The van der Waals surface area contributed by atoms with Crippen LogP contribution in [0.3, 0.4) is 0 Å². The highest BCUT2D eigenvalue weighted by Crippen LogP contribution is 2.25. The number of amides is 3. The van der Waals surface area contributed by atoms with Crippen molar-refractivity contribution in [2.45, 2.75) is 32.3 Å². The number of hydrogen-bond acceptors (Lipinski definition) is 4. The van der Waals surface area contributed by atoms with Gasteiger partial charge in [-0.15, -0.1) is 0 Å². The first-order valence-electron chi connectivity index (χ1n) is 11.0. The number of benzene rings is 3. The third kappa shape index (κ3) is 8.02. The lowest BCUT2D eigenvalue weighted by molar-refractivity contribution is -0.133. The van der Waals surface area contributed by atoms with Crippen molar-refractivity contribution in [2.75, 3.05) is 5.32 Å². The second kappa shape index (κ2) is 12.8. The van der Waals surface area contributed by atoms with Gasteiger partial charge in [0.2, 0.25) is 11.8 Å². The molecule has 0 fully saturated rings. The quantitative estimate of drug-likeness (QED) is 0.334. The molecule has 182 valence electrons. The number of nitrogens with one attached hydrogen (secondary N) is 3. The van der Waals surface area contributed by atoms with Crippen LogP contribution in [-0.2, 0) is 14.4 Å². The summed E-state index contributed by atoms with van der Waals surface area (Å²) >= 11 is 11.9. The topological polar surface area (TPSA) is 96.5 Å². The van der Waals surface area contributed by atoms with Crippen LogP contribution < -0.4 is 20.9 Å². The third-order valence-corrected chi connectivity index (χ3v) is 5.56. The van der Waals surface area contributed by atoms with E-state index in [9.17, 15) is 14.4 Å². The highest BCUT2D eigenvalue weighted by atomic mass is 35.5. The van der Waals surface area contributed by atoms with Crippen LogP contribution in [0.2, 0.25) is 10.0 Å². The third-order valence-electron chi connectivity index (χ3n) is 5.01. The first-order valence-corrected chi connectivity index (χ1v) is 11.8. The van der Waals surface area contributed by atoms with E-state index in [2.05, 4.69) is 16.2 Å². The van der Waals surface area contributed by atoms with Crippen LogP contribution in [0.1, 0.15) is 26.2 Å². The molecular weight excluding hydrogens is 489 g/mol. The van der Waals surface area contributed by atoms with Gasteiger partial charge in [-0.1, -0.05) is 72.6 Å². The first-order chi connectivity index (χ1) is 16.9. The van der Waals surface area contributed by atoms with Gasteiger partial charge < -0.3 is 10.1 Å². The SMILES string of the molecule is CCC(Oc1ccc(-c2ccccc2)cc1)C(=O)NNC(=O)CCC(=O)Nc1ccc(Cl)cc1Cl. The molecule has 3 N–H and O–H groups in total. The van der Waals surface area contributed by atoms with Crippen molar-refractivity contribution in [2.24, 2.45) is 0 Å². The van der Waals surface area contributed by atoms with E-state index in [-0.39, 0.29) is 12.8 Å². The van der Waals surface area contributed by atoms with E-state index in [0.29, 0.717) is 27.9 Å². The van der Waals surface area contributed by atoms with Crippen molar-refractivity contribution in [3.8, 4) is 16.9 Å². The second-order valence-corrected chi connectivity index (χ2v) is 8.46. The number of rotatable bonds is 9. The Bertz CT molecular complexity index is 1170. The lowest BCUT2D eigenvalue weighted by Gasteiger charge is -2.18. The molecule has 1 unspecified atom stereocenters. The van der Waals surface area contributed by atoms with Gasteiger partial charge in [-0.05, 0) is 47.9 Å². The minimum atomic E-state index is -0.798. The number of carbonyl (C=O) groups excluding carboxylic acids is 3. The second-order valence-electron chi connectivity index (χ2n) is 7.61. The molecule has 0 aromatic heterocycles. The van der Waals surface area contributed by atoms with Gasteiger partial charge in [-0.25, -0.2) is 0 Å². The molecule has 9 heteroatoms. The molecule has 0 saturated carbocycles. The standard InChI is InChI=1S/C26H25Cl2N3O4/c1-2-23(35-20-11-8-18(9-12-20)17-6-4-3-5-7-17)26(34)31-30-25(33)15-14-24(32)29-22-13-10-19(27)16-21(22)28/h3-13,16,23H,2,14-15H2,1H3,(H,29,32)(H,30,33)(H,31,34). The molecule has 0 bridgehead atoms. The van der Waals surface area contributed by atoms with E-state index in [0.717, 1.165) is 11.1 Å². The van der Waals surface area contributed by atoms with Crippen molar-refractivity contribution < 1.29 is 19.1 Å². The fraction of sp³-hybridized carbons (Fsp3) is 0.192. The molecule has 0 saturated heterocycles. The van der Waals surface area contributed by atoms with E-state index in [1.807, 2.05) is 42.5 Å². The normalized spacial score (nSPS) is 11.3.